The Morgan fingerprint density at radius 3 is 2.24 bits per heavy atom. The lowest BCUT2D eigenvalue weighted by atomic mass is 10.1. The SMILES string of the molecule is CC(=O)CCCC(=O)N[C@@H](C)C(=O)Nc1ccc(COC(C)=O)cc1. The molecule has 1 atom stereocenters. The second-order valence-electron chi connectivity index (χ2n) is 5.81. The van der Waals surface area contributed by atoms with Gasteiger partial charge in [0.15, 0.2) is 0 Å². The lowest BCUT2D eigenvalue weighted by molar-refractivity contribution is -0.142. The number of carbonyl (C=O) groups is 4. The summed E-state index contributed by atoms with van der Waals surface area (Å²) in [5.74, 6) is -0.922. The smallest absolute Gasteiger partial charge is 0.302 e. The molecule has 0 radical (unpaired) electrons. The highest BCUT2D eigenvalue weighted by atomic mass is 16.5. The maximum absolute atomic E-state index is 12.1. The van der Waals surface area contributed by atoms with Crippen molar-refractivity contribution in [3.05, 3.63) is 29.8 Å². The molecule has 1 rings (SSSR count). The molecular weight excluding hydrogens is 324 g/mol. The van der Waals surface area contributed by atoms with Crippen LogP contribution < -0.4 is 10.6 Å². The Hall–Kier alpha value is -2.70. The zero-order valence-electron chi connectivity index (χ0n) is 14.8. The summed E-state index contributed by atoms with van der Waals surface area (Å²) in [6.45, 7) is 4.58. The van der Waals surface area contributed by atoms with Crippen LogP contribution in [0.1, 0.15) is 45.6 Å². The van der Waals surface area contributed by atoms with E-state index in [0.29, 0.717) is 18.5 Å². The predicted molar refractivity (Wildman–Crippen MR) is 92.7 cm³/mol. The van der Waals surface area contributed by atoms with Gasteiger partial charge in [-0.2, -0.15) is 0 Å². The number of hydrogen-bond acceptors (Lipinski definition) is 5. The van der Waals surface area contributed by atoms with Crippen LogP contribution in [0.4, 0.5) is 5.69 Å². The van der Waals surface area contributed by atoms with Gasteiger partial charge in [0.1, 0.15) is 18.4 Å². The zero-order valence-corrected chi connectivity index (χ0v) is 14.8. The molecule has 0 aliphatic rings. The first-order valence-electron chi connectivity index (χ1n) is 8.10. The molecule has 0 heterocycles. The van der Waals surface area contributed by atoms with Crippen LogP contribution in [-0.2, 0) is 30.5 Å². The number of ether oxygens (including phenoxy) is 1. The fraction of sp³-hybridized carbons (Fsp3) is 0.444. The summed E-state index contributed by atoms with van der Waals surface area (Å²) in [6, 6.07) is 6.18. The average Bonchev–Trinajstić information content (AvgIpc) is 2.53. The van der Waals surface area contributed by atoms with E-state index in [9.17, 15) is 19.2 Å². The average molecular weight is 348 g/mol. The molecule has 0 saturated heterocycles. The van der Waals surface area contributed by atoms with E-state index in [1.165, 1.54) is 13.8 Å². The van der Waals surface area contributed by atoms with Crippen molar-refractivity contribution in [2.24, 2.45) is 0 Å². The molecule has 0 aliphatic heterocycles. The van der Waals surface area contributed by atoms with Gasteiger partial charge in [0.05, 0.1) is 0 Å². The highest BCUT2D eigenvalue weighted by Crippen LogP contribution is 2.11. The first-order chi connectivity index (χ1) is 11.8. The van der Waals surface area contributed by atoms with Crippen LogP contribution in [-0.4, -0.2) is 29.6 Å². The summed E-state index contributed by atoms with van der Waals surface area (Å²) < 4.78 is 4.88. The van der Waals surface area contributed by atoms with Crippen molar-refractivity contribution in [2.45, 2.75) is 52.7 Å². The van der Waals surface area contributed by atoms with Crippen molar-refractivity contribution in [1.82, 2.24) is 5.32 Å². The van der Waals surface area contributed by atoms with E-state index in [1.54, 1.807) is 31.2 Å². The molecule has 0 aliphatic carbocycles. The minimum atomic E-state index is -0.689. The van der Waals surface area contributed by atoms with Crippen LogP contribution in [0.25, 0.3) is 0 Å². The van der Waals surface area contributed by atoms with Crippen molar-refractivity contribution >= 4 is 29.3 Å². The van der Waals surface area contributed by atoms with Gasteiger partial charge >= 0.3 is 5.97 Å². The van der Waals surface area contributed by atoms with Crippen LogP contribution in [0, 0.1) is 0 Å². The molecule has 2 N–H and O–H groups in total. The highest BCUT2D eigenvalue weighted by molar-refractivity contribution is 5.96. The van der Waals surface area contributed by atoms with E-state index in [2.05, 4.69) is 10.6 Å². The molecule has 0 unspecified atom stereocenters. The largest absolute Gasteiger partial charge is 0.461 e. The van der Waals surface area contributed by atoms with Gasteiger partial charge in [0.2, 0.25) is 11.8 Å². The number of anilines is 1. The number of amides is 2. The first kappa shape index (κ1) is 20.3. The number of Topliss-reactive ketones (excluding diaryl/α,β-unsaturated/α-hetero) is 1. The molecule has 0 aromatic heterocycles. The van der Waals surface area contributed by atoms with Gasteiger partial charge in [-0.1, -0.05) is 12.1 Å². The number of nitrogens with one attached hydrogen (secondary N) is 2. The fourth-order valence-electron chi connectivity index (χ4n) is 2.00. The summed E-state index contributed by atoms with van der Waals surface area (Å²) in [5.41, 5.74) is 1.38. The van der Waals surface area contributed by atoms with E-state index >= 15 is 0 Å². The van der Waals surface area contributed by atoms with E-state index < -0.39 is 6.04 Å². The minimum Gasteiger partial charge on any atom is -0.461 e. The lowest BCUT2D eigenvalue weighted by Crippen LogP contribution is -2.41. The maximum Gasteiger partial charge on any atom is 0.302 e. The molecule has 7 heteroatoms. The van der Waals surface area contributed by atoms with Crippen molar-refractivity contribution in [3.63, 3.8) is 0 Å². The van der Waals surface area contributed by atoms with Crippen molar-refractivity contribution in [1.29, 1.82) is 0 Å². The molecular formula is C18H24N2O5. The Kier molecular flexibility index (Phi) is 8.32. The molecule has 25 heavy (non-hydrogen) atoms. The Balaban J connectivity index is 2.42. The van der Waals surface area contributed by atoms with Gasteiger partial charge < -0.3 is 20.2 Å². The van der Waals surface area contributed by atoms with Crippen LogP contribution in [0.2, 0.25) is 0 Å². The molecule has 1 aromatic carbocycles. The van der Waals surface area contributed by atoms with E-state index in [0.717, 1.165) is 5.56 Å². The third kappa shape index (κ3) is 8.64. The number of hydrogen-bond donors (Lipinski definition) is 2. The topological polar surface area (TPSA) is 102 Å². The Labute approximate surface area is 147 Å². The summed E-state index contributed by atoms with van der Waals surface area (Å²) in [6.07, 6.45) is 1.04. The van der Waals surface area contributed by atoms with Gasteiger partial charge in [-0.05, 0) is 38.0 Å². The first-order valence-corrected chi connectivity index (χ1v) is 8.10. The predicted octanol–water partition coefficient (Wildman–Crippen LogP) is 1.95. The van der Waals surface area contributed by atoms with Gasteiger partial charge in [-0.15, -0.1) is 0 Å². The van der Waals surface area contributed by atoms with Crippen LogP contribution >= 0.6 is 0 Å². The molecule has 2 amide bonds. The quantitative estimate of drug-likeness (QED) is 0.664. The Bertz CT molecular complexity index is 625. The van der Waals surface area contributed by atoms with E-state index in [4.69, 9.17) is 4.74 Å². The van der Waals surface area contributed by atoms with E-state index in [-0.39, 0.29) is 36.6 Å². The molecule has 0 spiro atoms. The number of rotatable bonds is 9. The van der Waals surface area contributed by atoms with Gasteiger partial charge in [-0.3, -0.25) is 14.4 Å². The molecule has 136 valence electrons. The third-order valence-electron chi connectivity index (χ3n) is 3.37. The van der Waals surface area contributed by atoms with Crippen LogP contribution in [0.5, 0.6) is 0 Å². The highest BCUT2D eigenvalue weighted by Gasteiger charge is 2.15. The van der Waals surface area contributed by atoms with Crippen molar-refractivity contribution in [2.75, 3.05) is 5.32 Å². The van der Waals surface area contributed by atoms with Crippen LogP contribution in [0.3, 0.4) is 0 Å². The monoisotopic (exact) mass is 348 g/mol. The second kappa shape index (κ2) is 10.2. The fourth-order valence-corrected chi connectivity index (χ4v) is 2.00. The maximum atomic E-state index is 12.1. The minimum absolute atomic E-state index is 0.0377. The molecule has 0 bridgehead atoms. The summed E-state index contributed by atoms with van der Waals surface area (Å²) >= 11 is 0. The number of benzene rings is 1. The molecule has 7 nitrogen and oxygen atoms in total. The number of esters is 1. The number of carbonyl (C=O) groups excluding carboxylic acids is 4. The molecule has 0 fully saturated rings. The summed E-state index contributed by atoms with van der Waals surface area (Å²) in [7, 11) is 0. The molecule has 1 aromatic rings. The van der Waals surface area contributed by atoms with Crippen molar-refractivity contribution in [3.8, 4) is 0 Å². The Morgan fingerprint density at radius 1 is 1.04 bits per heavy atom. The second-order valence-corrected chi connectivity index (χ2v) is 5.81. The normalized spacial score (nSPS) is 11.3. The Morgan fingerprint density at radius 2 is 1.68 bits per heavy atom. The zero-order chi connectivity index (χ0) is 18.8. The van der Waals surface area contributed by atoms with Crippen LogP contribution in [0.15, 0.2) is 24.3 Å². The van der Waals surface area contributed by atoms with Gasteiger partial charge in [0.25, 0.3) is 0 Å². The summed E-state index contributed by atoms with van der Waals surface area (Å²) in [5, 5.41) is 5.30. The van der Waals surface area contributed by atoms with E-state index in [1.807, 2.05) is 0 Å². The third-order valence-corrected chi connectivity index (χ3v) is 3.37. The summed E-state index contributed by atoms with van der Waals surface area (Å²) in [4.78, 5) is 45.4. The van der Waals surface area contributed by atoms with Gasteiger partial charge in [0, 0.05) is 25.5 Å². The standard InChI is InChI=1S/C18H24N2O5/c1-12(21)5-4-6-17(23)19-13(2)18(24)20-16-9-7-15(8-10-16)11-25-14(3)22/h7-10,13H,4-6,11H2,1-3H3,(H,19,23)(H,20,24)/t13-/m0/s1. The van der Waals surface area contributed by atoms with Crippen molar-refractivity contribution < 1.29 is 23.9 Å². The van der Waals surface area contributed by atoms with Gasteiger partial charge in [-0.25, -0.2) is 0 Å². The lowest BCUT2D eigenvalue weighted by Gasteiger charge is -2.14. The number of ketones is 1. The molecule has 0 saturated carbocycles.